The highest BCUT2D eigenvalue weighted by molar-refractivity contribution is 5.74. The molecule has 2 rings (SSSR count). The molecule has 0 aromatic rings. The van der Waals surface area contributed by atoms with Crippen molar-refractivity contribution in [2.24, 2.45) is 11.3 Å². The Morgan fingerprint density at radius 2 is 1.83 bits per heavy atom. The quantitative estimate of drug-likeness (QED) is 0.836. The number of carboxylic acids is 1. The van der Waals surface area contributed by atoms with Crippen LogP contribution in [0, 0.1) is 11.3 Å². The molecule has 0 aromatic carbocycles. The second-order valence-electron chi connectivity index (χ2n) is 7.01. The summed E-state index contributed by atoms with van der Waals surface area (Å²) in [6, 6.07) is 0. The minimum atomic E-state index is -0.609. The Morgan fingerprint density at radius 1 is 1.22 bits per heavy atom. The van der Waals surface area contributed by atoms with Crippen LogP contribution in [0.25, 0.3) is 0 Å². The molecule has 18 heavy (non-hydrogen) atoms. The van der Waals surface area contributed by atoms with Gasteiger partial charge in [-0.1, -0.05) is 6.92 Å². The summed E-state index contributed by atoms with van der Waals surface area (Å²) in [6.07, 6.45) is 6.64. The Morgan fingerprint density at radius 3 is 2.28 bits per heavy atom. The minimum Gasteiger partial charge on any atom is -0.481 e. The molecule has 1 aliphatic heterocycles. The Kier molecular flexibility index (Phi) is 3.72. The molecule has 1 saturated carbocycles. The summed E-state index contributed by atoms with van der Waals surface area (Å²) < 4.78 is 5.99. The molecule has 0 bridgehead atoms. The van der Waals surface area contributed by atoms with Crippen LogP contribution in [0.3, 0.4) is 0 Å². The lowest BCUT2D eigenvalue weighted by atomic mass is 9.68. The van der Waals surface area contributed by atoms with Gasteiger partial charge in [-0.05, 0) is 64.7 Å². The highest BCUT2D eigenvalue weighted by Gasteiger charge is 2.45. The van der Waals surface area contributed by atoms with Crippen LogP contribution in [-0.2, 0) is 9.53 Å². The molecule has 0 aromatic heterocycles. The molecular weight excluding hydrogens is 228 g/mol. The van der Waals surface area contributed by atoms with E-state index in [9.17, 15) is 9.90 Å². The van der Waals surface area contributed by atoms with Crippen molar-refractivity contribution in [3.8, 4) is 0 Å². The van der Waals surface area contributed by atoms with E-state index in [1.54, 1.807) is 0 Å². The van der Waals surface area contributed by atoms with E-state index >= 15 is 0 Å². The van der Waals surface area contributed by atoms with Gasteiger partial charge in [-0.15, -0.1) is 0 Å². The van der Waals surface area contributed by atoms with Crippen molar-refractivity contribution in [2.45, 2.75) is 77.4 Å². The van der Waals surface area contributed by atoms with E-state index < -0.39 is 11.4 Å². The first-order valence-electron chi connectivity index (χ1n) is 7.24. The van der Waals surface area contributed by atoms with Gasteiger partial charge in [-0.25, -0.2) is 0 Å². The molecule has 1 heterocycles. The fourth-order valence-electron chi connectivity index (χ4n) is 3.48. The van der Waals surface area contributed by atoms with Crippen molar-refractivity contribution in [1.29, 1.82) is 0 Å². The first kappa shape index (κ1) is 13.9. The molecule has 0 radical (unpaired) electrons. The zero-order chi connectivity index (χ0) is 13.4. The van der Waals surface area contributed by atoms with Crippen molar-refractivity contribution in [1.82, 2.24) is 0 Å². The molecule has 1 N–H and O–H groups in total. The van der Waals surface area contributed by atoms with Crippen LogP contribution >= 0.6 is 0 Å². The molecule has 1 atom stereocenters. The molecule has 0 spiro atoms. The van der Waals surface area contributed by atoms with E-state index in [0.717, 1.165) is 38.5 Å². The normalized spacial score (nSPS) is 39.7. The van der Waals surface area contributed by atoms with E-state index in [-0.39, 0.29) is 11.7 Å². The average Bonchev–Trinajstić information content (AvgIpc) is 2.61. The van der Waals surface area contributed by atoms with Gasteiger partial charge in [0.15, 0.2) is 0 Å². The summed E-state index contributed by atoms with van der Waals surface area (Å²) in [7, 11) is 0. The first-order chi connectivity index (χ1) is 8.33. The van der Waals surface area contributed by atoms with Crippen molar-refractivity contribution < 1.29 is 14.6 Å². The molecule has 0 amide bonds. The Balaban J connectivity index is 2.01. The second kappa shape index (κ2) is 4.84. The number of rotatable bonds is 3. The smallest absolute Gasteiger partial charge is 0.309 e. The van der Waals surface area contributed by atoms with Gasteiger partial charge in [0.2, 0.25) is 0 Å². The lowest BCUT2D eigenvalue weighted by Gasteiger charge is -2.37. The van der Waals surface area contributed by atoms with Gasteiger partial charge < -0.3 is 9.84 Å². The molecule has 104 valence electrons. The van der Waals surface area contributed by atoms with Crippen LogP contribution in [0.2, 0.25) is 0 Å². The third-order valence-electron chi connectivity index (χ3n) is 4.86. The maximum Gasteiger partial charge on any atom is 0.309 e. The van der Waals surface area contributed by atoms with Crippen molar-refractivity contribution >= 4 is 5.97 Å². The number of carbonyl (C=O) groups is 1. The molecule has 3 heteroatoms. The van der Waals surface area contributed by atoms with Crippen LogP contribution in [0.15, 0.2) is 0 Å². The Labute approximate surface area is 110 Å². The number of carboxylic acid groups (broad SMARTS) is 1. The van der Waals surface area contributed by atoms with E-state index in [4.69, 9.17) is 4.74 Å². The summed E-state index contributed by atoms with van der Waals surface area (Å²) in [5, 5.41) is 9.61. The van der Waals surface area contributed by atoms with Crippen LogP contribution in [0.5, 0.6) is 0 Å². The fourth-order valence-corrected chi connectivity index (χ4v) is 3.48. The number of hydrogen-bond donors (Lipinski definition) is 1. The lowest BCUT2D eigenvalue weighted by molar-refractivity contribution is -0.155. The number of ether oxygens (including phenoxy) is 1. The second-order valence-corrected chi connectivity index (χ2v) is 7.01. The molecule has 2 aliphatic rings. The summed E-state index contributed by atoms with van der Waals surface area (Å²) >= 11 is 0. The van der Waals surface area contributed by atoms with Crippen LogP contribution in [-0.4, -0.2) is 22.8 Å². The van der Waals surface area contributed by atoms with E-state index in [2.05, 4.69) is 20.8 Å². The van der Waals surface area contributed by atoms with Gasteiger partial charge in [0.25, 0.3) is 0 Å². The SMILES string of the molecule is CC1CCC(CC2CCC(C)(C)O2)(C(=O)O)CC1. The van der Waals surface area contributed by atoms with Gasteiger partial charge in [-0.2, -0.15) is 0 Å². The van der Waals surface area contributed by atoms with E-state index in [0.29, 0.717) is 12.3 Å². The summed E-state index contributed by atoms with van der Waals surface area (Å²) in [5.41, 5.74) is -0.579. The van der Waals surface area contributed by atoms with Crippen LogP contribution < -0.4 is 0 Å². The summed E-state index contributed by atoms with van der Waals surface area (Å²) in [4.78, 5) is 11.7. The Hall–Kier alpha value is -0.570. The van der Waals surface area contributed by atoms with Crippen molar-refractivity contribution in [3.63, 3.8) is 0 Å². The third kappa shape index (κ3) is 2.87. The maximum absolute atomic E-state index is 11.7. The molecule has 1 unspecified atom stereocenters. The molecule has 1 saturated heterocycles. The van der Waals surface area contributed by atoms with Gasteiger partial charge in [0.05, 0.1) is 17.1 Å². The van der Waals surface area contributed by atoms with Gasteiger partial charge in [-0.3, -0.25) is 4.79 Å². The highest BCUT2D eigenvalue weighted by atomic mass is 16.5. The Bertz CT molecular complexity index is 314. The van der Waals surface area contributed by atoms with Crippen LogP contribution in [0.4, 0.5) is 0 Å². The van der Waals surface area contributed by atoms with Crippen molar-refractivity contribution in [3.05, 3.63) is 0 Å². The molecular formula is C15H26O3. The van der Waals surface area contributed by atoms with Gasteiger partial charge >= 0.3 is 5.97 Å². The predicted octanol–water partition coefficient (Wildman–Crippen LogP) is 3.62. The predicted molar refractivity (Wildman–Crippen MR) is 70.5 cm³/mol. The number of hydrogen-bond acceptors (Lipinski definition) is 2. The monoisotopic (exact) mass is 254 g/mol. The highest BCUT2D eigenvalue weighted by Crippen LogP contribution is 2.45. The fraction of sp³-hybridized carbons (Fsp3) is 0.933. The standard InChI is InChI=1S/C15H26O3/c1-11-4-8-15(9-5-11,13(16)17)10-12-6-7-14(2,3)18-12/h11-12H,4-10H2,1-3H3,(H,16,17). The molecule has 3 nitrogen and oxygen atoms in total. The number of aliphatic carboxylic acids is 1. The molecule has 1 aliphatic carbocycles. The topological polar surface area (TPSA) is 46.5 Å². The first-order valence-corrected chi connectivity index (χ1v) is 7.24. The third-order valence-corrected chi connectivity index (χ3v) is 4.86. The van der Waals surface area contributed by atoms with E-state index in [1.165, 1.54) is 0 Å². The van der Waals surface area contributed by atoms with Crippen molar-refractivity contribution in [2.75, 3.05) is 0 Å². The minimum absolute atomic E-state index is 0.0632. The van der Waals surface area contributed by atoms with E-state index in [1.807, 2.05) is 0 Å². The summed E-state index contributed by atoms with van der Waals surface area (Å²) in [5.74, 6) is 0.0705. The molecule has 2 fully saturated rings. The largest absolute Gasteiger partial charge is 0.481 e. The zero-order valence-electron chi connectivity index (χ0n) is 11.9. The zero-order valence-corrected chi connectivity index (χ0v) is 11.9. The summed E-state index contributed by atoms with van der Waals surface area (Å²) in [6.45, 7) is 6.42. The van der Waals surface area contributed by atoms with Crippen LogP contribution in [0.1, 0.15) is 65.7 Å². The average molecular weight is 254 g/mol. The van der Waals surface area contributed by atoms with Gasteiger partial charge in [0, 0.05) is 0 Å². The maximum atomic E-state index is 11.7. The lowest BCUT2D eigenvalue weighted by Crippen LogP contribution is -2.38. The van der Waals surface area contributed by atoms with Gasteiger partial charge in [0.1, 0.15) is 0 Å².